The first-order chi connectivity index (χ1) is 22.8. The quantitative estimate of drug-likeness (QED) is 0.102. The third-order valence-electron chi connectivity index (χ3n) is 7.02. The fourth-order valence-corrected chi connectivity index (χ4v) is 6.91. The summed E-state index contributed by atoms with van der Waals surface area (Å²) in [6.45, 7) is 17.2. The van der Waals surface area contributed by atoms with Crippen LogP contribution in [0.25, 0.3) is 0 Å². The molecule has 1 atom stereocenters. The van der Waals surface area contributed by atoms with E-state index in [2.05, 4.69) is 24.3 Å². The molecule has 0 aromatic heterocycles. The van der Waals surface area contributed by atoms with Crippen LogP contribution in [0.15, 0.2) is 48.5 Å². The summed E-state index contributed by atoms with van der Waals surface area (Å²) in [5.74, 6) is -0.0924. The smallest absolute Gasteiger partial charge is 0.476 e. The van der Waals surface area contributed by atoms with Crippen LogP contribution in [0.2, 0.25) is 0 Å². The lowest BCUT2D eigenvalue weighted by Crippen LogP contribution is -2.40. The molecule has 49 heavy (non-hydrogen) atoms. The molecule has 0 bridgehead atoms. The number of benzene rings is 2. The van der Waals surface area contributed by atoms with E-state index in [9.17, 15) is 19.6 Å². The number of rotatable bonds is 20. The van der Waals surface area contributed by atoms with Crippen LogP contribution in [0.4, 0.5) is 4.79 Å². The van der Waals surface area contributed by atoms with E-state index in [4.69, 9.17) is 23.0 Å². The normalized spacial score (nSPS) is 13.3. The Labute approximate surface area is 295 Å². The van der Waals surface area contributed by atoms with Crippen molar-refractivity contribution < 1.29 is 42.6 Å². The van der Waals surface area contributed by atoms with Gasteiger partial charge in [0.05, 0.1) is 24.4 Å². The third-order valence-corrected chi connectivity index (χ3v) is 9.08. The number of unbranched alkanes of at least 4 members (excludes halogenated alkanes) is 4. The van der Waals surface area contributed by atoms with Gasteiger partial charge in [-0.1, -0.05) is 49.2 Å². The minimum Gasteiger partial charge on any atom is -0.508 e. The Kier molecular flexibility index (Phi) is 17.3. The summed E-state index contributed by atoms with van der Waals surface area (Å²) in [7, 11) is -4.24. The topological polar surface area (TPSA) is 124 Å². The van der Waals surface area contributed by atoms with E-state index >= 15 is 0 Å². The molecule has 2 N–H and O–H groups in total. The van der Waals surface area contributed by atoms with Gasteiger partial charge in [0, 0.05) is 25.3 Å². The second-order valence-electron chi connectivity index (χ2n) is 15.4. The monoisotopic (exact) mass is 707 g/mol. The Balaban J connectivity index is 2.12. The highest BCUT2D eigenvalue weighted by Gasteiger charge is 2.41. The molecule has 0 saturated heterocycles. The molecular weight excluding hydrogens is 645 g/mol. The molecule has 0 aliphatic rings. The molecule has 278 valence electrons. The lowest BCUT2D eigenvalue weighted by Gasteiger charge is -2.35. The summed E-state index contributed by atoms with van der Waals surface area (Å²) in [6.07, 6.45) is 5.07. The first-order valence-corrected chi connectivity index (χ1v) is 19.0. The number of aromatic hydroxyl groups is 1. The SMILES string of the molecule is CC(C)(C)OC(=O)N(CCCCCCOCCCCc1ccccc1)CC(OP(=O)(OC(C)(C)C)OC(C)(C)C)c1ccc(O)c(CO)c1. The van der Waals surface area contributed by atoms with Crippen LogP contribution in [-0.4, -0.2) is 64.3 Å². The predicted octanol–water partition coefficient (Wildman–Crippen LogP) is 9.52. The highest BCUT2D eigenvalue weighted by Crippen LogP contribution is 2.58. The van der Waals surface area contributed by atoms with Gasteiger partial charge in [0.25, 0.3) is 0 Å². The fourth-order valence-electron chi connectivity index (χ4n) is 4.94. The van der Waals surface area contributed by atoms with E-state index in [0.29, 0.717) is 25.1 Å². The van der Waals surface area contributed by atoms with Gasteiger partial charge in [-0.25, -0.2) is 9.36 Å². The summed E-state index contributed by atoms with van der Waals surface area (Å²) in [6, 6.07) is 15.1. The number of hydrogen-bond acceptors (Lipinski definition) is 9. The van der Waals surface area contributed by atoms with Gasteiger partial charge >= 0.3 is 13.9 Å². The highest BCUT2D eigenvalue weighted by atomic mass is 31.2. The molecule has 0 heterocycles. The van der Waals surface area contributed by atoms with Gasteiger partial charge in [-0.3, -0.25) is 13.6 Å². The van der Waals surface area contributed by atoms with Crippen molar-refractivity contribution in [3.63, 3.8) is 0 Å². The molecule has 2 aromatic rings. The van der Waals surface area contributed by atoms with E-state index in [-0.39, 0.29) is 17.9 Å². The summed E-state index contributed by atoms with van der Waals surface area (Å²) >= 11 is 0. The van der Waals surface area contributed by atoms with Crippen LogP contribution in [0.3, 0.4) is 0 Å². The lowest BCUT2D eigenvalue weighted by atomic mass is 10.0. The standard InChI is InChI=1S/C38H62NO9P/c1-36(2,3)45-35(42)39(24-16-10-11-17-25-44-26-18-15-21-30-19-13-12-14-20-30)28-34(31-22-23-33(41)32(27-31)29-40)46-49(43,47-37(4,5)6)48-38(7,8)9/h12-14,19-20,22-23,27,34,40-41H,10-11,15-18,21,24-26,28-29H2,1-9H3. The maximum atomic E-state index is 14.2. The maximum Gasteiger partial charge on any atom is 0.476 e. The molecule has 0 aliphatic carbocycles. The average Bonchev–Trinajstić information content (AvgIpc) is 2.96. The van der Waals surface area contributed by atoms with Crippen LogP contribution >= 0.6 is 7.82 Å². The molecule has 1 amide bonds. The van der Waals surface area contributed by atoms with Gasteiger partial charge < -0.3 is 24.6 Å². The van der Waals surface area contributed by atoms with Gasteiger partial charge in [-0.2, -0.15) is 0 Å². The van der Waals surface area contributed by atoms with E-state index < -0.39 is 43.4 Å². The Morgan fingerprint density at radius 2 is 1.39 bits per heavy atom. The minimum atomic E-state index is -4.24. The zero-order valence-electron chi connectivity index (χ0n) is 31.3. The fraction of sp³-hybridized carbons (Fsp3) is 0.658. The van der Waals surface area contributed by atoms with E-state index in [1.165, 1.54) is 11.6 Å². The molecule has 1 unspecified atom stereocenters. The number of ether oxygens (including phenoxy) is 2. The largest absolute Gasteiger partial charge is 0.508 e. The van der Waals surface area contributed by atoms with E-state index in [1.807, 2.05) is 6.07 Å². The molecule has 0 fully saturated rings. The van der Waals surface area contributed by atoms with Crippen molar-refractivity contribution in [3.05, 3.63) is 65.2 Å². The number of amides is 1. The van der Waals surface area contributed by atoms with Gasteiger partial charge in [-0.05, 0) is 118 Å². The Hall–Kier alpha value is -2.46. The number of aliphatic hydroxyl groups excluding tert-OH is 1. The van der Waals surface area contributed by atoms with Gasteiger partial charge in [0.15, 0.2) is 0 Å². The second-order valence-corrected chi connectivity index (χ2v) is 16.9. The van der Waals surface area contributed by atoms with E-state index in [0.717, 1.165) is 45.1 Å². The Bertz CT molecular complexity index is 1280. The first-order valence-electron chi connectivity index (χ1n) is 17.5. The van der Waals surface area contributed by atoms with E-state index in [1.54, 1.807) is 79.3 Å². The highest BCUT2D eigenvalue weighted by molar-refractivity contribution is 7.48. The molecule has 2 aromatic carbocycles. The number of phosphoric ester groups is 1. The molecule has 0 saturated carbocycles. The predicted molar refractivity (Wildman–Crippen MR) is 194 cm³/mol. The van der Waals surface area contributed by atoms with Crippen LogP contribution in [-0.2, 0) is 40.6 Å². The number of carbonyl (C=O) groups excluding carboxylic acids is 1. The number of aryl methyl sites for hydroxylation is 1. The summed E-state index contributed by atoms with van der Waals surface area (Å²) in [5, 5.41) is 20.1. The van der Waals surface area contributed by atoms with Gasteiger partial charge in [-0.15, -0.1) is 0 Å². The molecule has 2 rings (SSSR count). The van der Waals surface area contributed by atoms with Crippen molar-refractivity contribution in [1.29, 1.82) is 0 Å². The summed E-state index contributed by atoms with van der Waals surface area (Å²) in [4.78, 5) is 15.1. The van der Waals surface area contributed by atoms with Crippen molar-refractivity contribution in [1.82, 2.24) is 4.90 Å². The Morgan fingerprint density at radius 1 is 0.796 bits per heavy atom. The lowest BCUT2D eigenvalue weighted by molar-refractivity contribution is -0.0221. The van der Waals surface area contributed by atoms with Crippen LogP contribution in [0.5, 0.6) is 5.75 Å². The van der Waals surface area contributed by atoms with Crippen LogP contribution < -0.4 is 0 Å². The second kappa shape index (κ2) is 19.8. The number of phosphoric acid groups is 1. The van der Waals surface area contributed by atoms with Crippen molar-refractivity contribution in [2.75, 3.05) is 26.3 Å². The molecule has 0 aliphatic heterocycles. The van der Waals surface area contributed by atoms with Gasteiger partial charge in [0.2, 0.25) is 0 Å². The summed E-state index contributed by atoms with van der Waals surface area (Å²) < 4.78 is 43.9. The number of carbonyl (C=O) groups is 1. The molecular formula is C38H62NO9P. The number of aliphatic hydroxyl groups is 1. The zero-order chi connectivity index (χ0) is 36.7. The van der Waals surface area contributed by atoms with Crippen molar-refractivity contribution in [2.24, 2.45) is 0 Å². The molecule has 11 heteroatoms. The Morgan fingerprint density at radius 3 is 1.96 bits per heavy atom. The molecule has 10 nitrogen and oxygen atoms in total. The molecule has 0 spiro atoms. The van der Waals surface area contributed by atoms with Gasteiger partial charge in [0.1, 0.15) is 17.5 Å². The van der Waals surface area contributed by atoms with Crippen LogP contribution in [0, 0.1) is 0 Å². The third kappa shape index (κ3) is 18.4. The average molecular weight is 708 g/mol. The molecule has 0 radical (unpaired) electrons. The zero-order valence-corrected chi connectivity index (χ0v) is 32.2. The van der Waals surface area contributed by atoms with Crippen molar-refractivity contribution in [2.45, 2.75) is 137 Å². The summed E-state index contributed by atoms with van der Waals surface area (Å²) in [5.41, 5.74) is -0.416. The van der Waals surface area contributed by atoms with Crippen LogP contribution in [0.1, 0.15) is 124 Å². The number of phenols is 1. The van der Waals surface area contributed by atoms with Crippen molar-refractivity contribution in [3.8, 4) is 5.75 Å². The minimum absolute atomic E-state index is 0.0400. The number of nitrogens with zero attached hydrogens (tertiary/aromatic N) is 1. The maximum absolute atomic E-state index is 14.2. The number of hydrogen-bond donors (Lipinski definition) is 2. The van der Waals surface area contributed by atoms with Crippen molar-refractivity contribution >= 4 is 13.9 Å². The first kappa shape index (κ1) is 42.7.